The van der Waals surface area contributed by atoms with Gasteiger partial charge in [0.05, 0.1) is 0 Å². The summed E-state index contributed by atoms with van der Waals surface area (Å²) < 4.78 is 5.71. The molecule has 0 fully saturated rings. The largest absolute Gasteiger partial charge is 0.457 e. The molecule has 7 heteroatoms. The predicted octanol–water partition coefficient (Wildman–Crippen LogP) is 2.57. The number of hydrogen-bond donors (Lipinski definition) is 3. The lowest BCUT2D eigenvalue weighted by molar-refractivity contribution is 0.483. The number of nitrogens with two attached hydrogens (primary N) is 2. The topological polar surface area (TPSA) is 112 Å². The Morgan fingerprint density at radius 2 is 1.32 bits per heavy atom. The van der Waals surface area contributed by atoms with Crippen molar-refractivity contribution in [3.8, 4) is 11.5 Å². The van der Waals surface area contributed by atoms with Crippen LogP contribution < -0.4 is 21.5 Å². The molecule has 0 aliphatic carbocycles. The average Bonchev–Trinajstić information content (AvgIpc) is 2.49. The number of para-hydroxylation sites is 1. The van der Waals surface area contributed by atoms with E-state index < -0.39 is 0 Å². The number of aromatic nitrogens is 3. The Kier molecular flexibility index (Phi) is 3.69. The van der Waals surface area contributed by atoms with E-state index in [1.54, 1.807) is 0 Å². The minimum atomic E-state index is 0.0685. The smallest absolute Gasteiger partial charge is 0.233 e. The molecule has 22 heavy (non-hydrogen) atoms. The van der Waals surface area contributed by atoms with Crippen LogP contribution in [0.2, 0.25) is 0 Å². The van der Waals surface area contributed by atoms with E-state index in [-0.39, 0.29) is 11.9 Å². The molecule has 2 aromatic carbocycles. The highest BCUT2D eigenvalue weighted by atomic mass is 16.5. The van der Waals surface area contributed by atoms with Crippen LogP contribution in [-0.2, 0) is 0 Å². The van der Waals surface area contributed by atoms with Crippen molar-refractivity contribution in [1.29, 1.82) is 0 Å². The van der Waals surface area contributed by atoms with Gasteiger partial charge in [-0.3, -0.25) is 0 Å². The van der Waals surface area contributed by atoms with Gasteiger partial charge < -0.3 is 21.5 Å². The molecule has 0 saturated carbocycles. The number of nitrogens with zero attached hydrogens (tertiary/aromatic N) is 3. The zero-order valence-corrected chi connectivity index (χ0v) is 11.6. The highest BCUT2D eigenvalue weighted by molar-refractivity contribution is 5.56. The third-order valence-corrected chi connectivity index (χ3v) is 2.76. The number of nitrogens with one attached hydrogen (secondary N) is 1. The van der Waals surface area contributed by atoms with Gasteiger partial charge in [-0.25, -0.2) is 0 Å². The first-order valence-corrected chi connectivity index (χ1v) is 6.56. The van der Waals surface area contributed by atoms with Crippen LogP contribution in [0.25, 0.3) is 0 Å². The van der Waals surface area contributed by atoms with Crippen molar-refractivity contribution < 1.29 is 4.74 Å². The van der Waals surface area contributed by atoms with E-state index in [4.69, 9.17) is 16.2 Å². The quantitative estimate of drug-likeness (QED) is 0.677. The van der Waals surface area contributed by atoms with E-state index in [0.29, 0.717) is 5.95 Å². The van der Waals surface area contributed by atoms with Gasteiger partial charge >= 0.3 is 0 Å². The third kappa shape index (κ3) is 3.40. The number of anilines is 4. The normalized spacial score (nSPS) is 10.2. The minimum Gasteiger partial charge on any atom is -0.457 e. The molecule has 1 aromatic heterocycles. The lowest BCUT2D eigenvalue weighted by Gasteiger charge is -2.08. The SMILES string of the molecule is Nc1nc(N)nc(Nc2ccc(Oc3ccccc3)cc2)n1. The fraction of sp³-hybridized carbons (Fsp3) is 0. The van der Waals surface area contributed by atoms with Crippen LogP contribution in [0.4, 0.5) is 23.5 Å². The molecule has 0 unspecified atom stereocenters. The van der Waals surface area contributed by atoms with Crippen LogP contribution in [-0.4, -0.2) is 15.0 Å². The summed E-state index contributed by atoms with van der Waals surface area (Å²) in [6.07, 6.45) is 0. The monoisotopic (exact) mass is 294 g/mol. The van der Waals surface area contributed by atoms with Crippen LogP contribution in [0.3, 0.4) is 0 Å². The predicted molar refractivity (Wildman–Crippen MR) is 84.9 cm³/mol. The molecular weight excluding hydrogens is 280 g/mol. The highest BCUT2D eigenvalue weighted by Crippen LogP contribution is 2.23. The summed E-state index contributed by atoms with van der Waals surface area (Å²) in [5.74, 6) is 1.94. The van der Waals surface area contributed by atoms with E-state index in [2.05, 4.69) is 20.3 Å². The number of hydrogen-bond acceptors (Lipinski definition) is 7. The van der Waals surface area contributed by atoms with Gasteiger partial charge in [0, 0.05) is 5.69 Å². The molecule has 0 aliphatic rings. The summed E-state index contributed by atoms with van der Waals surface area (Å²) >= 11 is 0. The lowest BCUT2D eigenvalue weighted by Crippen LogP contribution is -2.06. The van der Waals surface area contributed by atoms with Crippen LogP contribution in [0.5, 0.6) is 11.5 Å². The molecular formula is C15H14N6O. The first kappa shape index (κ1) is 13.6. The van der Waals surface area contributed by atoms with Crippen molar-refractivity contribution in [3.63, 3.8) is 0 Å². The molecule has 1 heterocycles. The van der Waals surface area contributed by atoms with E-state index >= 15 is 0 Å². The summed E-state index contributed by atoms with van der Waals surface area (Å²) in [6, 6.07) is 16.9. The number of benzene rings is 2. The van der Waals surface area contributed by atoms with Gasteiger partial charge in [0.15, 0.2) is 0 Å². The zero-order chi connectivity index (χ0) is 15.4. The highest BCUT2D eigenvalue weighted by Gasteiger charge is 2.03. The Hall–Kier alpha value is -3.35. The first-order chi connectivity index (χ1) is 10.7. The second kappa shape index (κ2) is 5.96. The van der Waals surface area contributed by atoms with Gasteiger partial charge in [0.25, 0.3) is 0 Å². The Morgan fingerprint density at radius 3 is 1.95 bits per heavy atom. The van der Waals surface area contributed by atoms with Crippen molar-refractivity contribution in [1.82, 2.24) is 15.0 Å². The Labute approximate surface area is 127 Å². The number of nitrogen functional groups attached to an aromatic ring is 2. The Morgan fingerprint density at radius 1 is 0.727 bits per heavy atom. The lowest BCUT2D eigenvalue weighted by atomic mass is 10.3. The molecule has 110 valence electrons. The third-order valence-electron chi connectivity index (χ3n) is 2.76. The molecule has 0 atom stereocenters. The second-order valence-corrected chi connectivity index (χ2v) is 4.44. The number of ether oxygens (including phenoxy) is 1. The molecule has 0 amide bonds. The Balaban J connectivity index is 1.71. The van der Waals surface area contributed by atoms with Gasteiger partial charge in [-0.05, 0) is 36.4 Å². The Bertz CT molecular complexity index is 740. The molecule has 3 rings (SSSR count). The van der Waals surface area contributed by atoms with Crippen LogP contribution >= 0.6 is 0 Å². The maximum absolute atomic E-state index is 5.71. The summed E-state index contributed by atoms with van der Waals surface area (Å²) in [6.45, 7) is 0. The molecule has 0 bridgehead atoms. The molecule has 7 nitrogen and oxygen atoms in total. The summed E-state index contributed by atoms with van der Waals surface area (Å²) in [5, 5.41) is 3.00. The van der Waals surface area contributed by atoms with E-state index in [1.807, 2.05) is 54.6 Å². The summed E-state index contributed by atoms with van der Waals surface area (Å²) in [5.41, 5.74) is 11.8. The van der Waals surface area contributed by atoms with Crippen molar-refractivity contribution in [2.24, 2.45) is 0 Å². The van der Waals surface area contributed by atoms with E-state index in [1.165, 1.54) is 0 Å². The second-order valence-electron chi connectivity index (χ2n) is 4.44. The van der Waals surface area contributed by atoms with E-state index in [0.717, 1.165) is 17.2 Å². The van der Waals surface area contributed by atoms with Crippen molar-refractivity contribution in [2.75, 3.05) is 16.8 Å². The van der Waals surface area contributed by atoms with Gasteiger partial charge in [-0.1, -0.05) is 18.2 Å². The zero-order valence-electron chi connectivity index (χ0n) is 11.6. The summed E-state index contributed by atoms with van der Waals surface area (Å²) in [7, 11) is 0. The fourth-order valence-electron chi connectivity index (χ4n) is 1.83. The van der Waals surface area contributed by atoms with Crippen LogP contribution in [0, 0.1) is 0 Å². The maximum atomic E-state index is 5.71. The number of rotatable bonds is 4. The van der Waals surface area contributed by atoms with Gasteiger partial charge in [0.2, 0.25) is 17.8 Å². The van der Waals surface area contributed by atoms with Crippen molar-refractivity contribution in [2.45, 2.75) is 0 Å². The van der Waals surface area contributed by atoms with Crippen molar-refractivity contribution in [3.05, 3.63) is 54.6 Å². The van der Waals surface area contributed by atoms with Gasteiger partial charge in [-0.2, -0.15) is 15.0 Å². The first-order valence-electron chi connectivity index (χ1n) is 6.56. The fourth-order valence-corrected chi connectivity index (χ4v) is 1.83. The standard InChI is InChI=1S/C15H14N6O/c16-13-19-14(17)21-15(20-13)18-10-6-8-12(9-7-10)22-11-4-2-1-3-5-11/h1-9H,(H5,16,17,18,19,20,21). The van der Waals surface area contributed by atoms with E-state index in [9.17, 15) is 0 Å². The molecule has 0 spiro atoms. The van der Waals surface area contributed by atoms with Crippen LogP contribution in [0.15, 0.2) is 54.6 Å². The molecule has 0 saturated heterocycles. The average molecular weight is 294 g/mol. The molecule has 5 N–H and O–H groups in total. The maximum Gasteiger partial charge on any atom is 0.233 e. The molecule has 3 aromatic rings. The summed E-state index contributed by atoms with van der Waals surface area (Å²) in [4.78, 5) is 11.6. The van der Waals surface area contributed by atoms with Gasteiger partial charge in [0.1, 0.15) is 11.5 Å². The van der Waals surface area contributed by atoms with Gasteiger partial charge in [-0.15, -0.1) is 0 Å². The molecule has 0 radical (unpaired) electrons. The minimum absolute atomic E-state index is 0.0685. The van der Waals surface area contributed by atoms with Crippen molar-refractivity contribution >= 4 is 23.5 Å². The molecule has 0 aliphatic heterocycles. The van der Waals surface area contributed by atoms with Crippen LogP contribution in [0.1, 0.15) is 0 Å².